The molecule has 4 rings (SSSR count). The standard InChI is InChI=1S/C28H30N2O3/c1-16-12-21(13-17(2)26(16)31)25(22-14-18(3)27(32)19(4)15-22)24-20(5)29(6)30(28(24)33)23-10-8-7-9-11-23/h7-15,25,31-32H,1-6H3. The lowest BCUT2D eigenvalue weighted by Crippen LogP contribution is -2.22. The third-order valence-corrected chi connectivity index (χ3v) is 6.58. The molecular formula is C28H30N2O3. The Balaban J connectivity index is 2.07. The minimum absolute atomic E-state index is 0.0852. The van der Waals surface area contributed by atoms with Gasteiger partial charge >= 0.3 is 0 Å². The highest BCUT2D eigenvalue weighted by atomic mass is 16.3. The van der Waals surface area contributed by atoms with Crippen LogP contribution in [0.1, 0.15) is 50.6 Å². The Labute approximate surface area is 194 Å². The number of phenols is 2. The second-order valence-electron chi connectivity index (χ2n) is 8.91. The van der Waals surface area contributed by atoms with E-state index in [9.17, 15) is 15.0 Å². The number of phenolic OH excluding ortho intramolecular Hbond substituents is 2. The van der Waals surface area contributed by atoms with Crippen LogP contribution in [0.4, 0.5) is 0 Å². The number of aromatic hydroxyl groups is 2. The predicted molar refractivity (Wildman–Crippen MR) is 132 cm³/mol. The maximum absolute atomic E-state index is 13.9. The highest BCUT2D eigenvalue weighted by Gasteiger charge is 2.28. The van der Waals surface area contributed by atoms with Gasteiger partial charge in [-0.2, -0.15) is 0 Å². The van der Waals surface area contributed by atoms with Crippen LogP contribution in [0.3, 0.4) is 0 Å². The van der Waals surface area contributed by atoms with Crippen molar-refractivity contribution in [2.45, 2.75) is 40.5 Å². The molecule has 1 aromatic heterocycles. The SMILES string of the molecule is Cc1cc(C(c2cc(C)c(O)c(C)c2)c2c(C)n(C)n(-c3ccccc3)c2=O)cc(C)c1O. The van der Waals surface area contributed by atoms with Crippen molar-refractivity contribution in [3.05, 3.63) is 110 Å². The molecule has 0 fully saturated rings. The molecule has 0 aliphatic carbocycles. The minimum Gasteiger partial charge on any atom is -0.507 e. The van der Waals surface area contributed by atoms with Crippen molar-refractivity contribution in [2.24, 2.45) is 7.05 Å². The zero-order chi connectivity index (χ0) is 24.0. The van der Waals surface area contributed by atoms with Crippen LogP contribution in [-0.2, 0) is 7.05 Å². The summed E-state index contributed by atoms with van der Waals surface area (Å²) in [5.74, 6) is 0.175. The summed E-state index contributed by atoms with van der Waals surface area (Å²) < 4.78 is 3.58. The van der Waals surface area contributed by atoms with Crippen molar-refractivity contribution >= 4 is 0 Å². The third-order valence-electron chi connectivity index (χ3n) is 6.58. The van der Waals surface area contributed by atoms with Crippen molar-refractivity contribution < 1.29 is 10.2 Å². The van der Waals surface area contributed by atoms with Crippen LogP contribution in [0.5, 0.6) is 11.5 Å². The van der Waals surface area contributed by atoms with Gasteiger partial charge in [-0.3, -0.25) is 9.48 Å². The molecule has 5 nitrogen and oxygen atoms in total. The average molecular weight is 443 g/mol. The molecule has 0 amide bonds. The Morgan fingerprint density at radius 1 is 0.727 bits per heavy atom. The molecule has 0 saturated heterocycles. The molecular weight excluding hydrogens is 412 g/mol. The molecule has 0 saturated carbocycles. The van der Waals surface area contributed by atoms with Gasteiger partial charge in [-0.1, -0.05) is 42.5 Å². The fourth-order valence-electron chi connectivity index (χ4n) is 4.76. The lowest BCUT2D eigenvalue weighted by molar-refractivity contribution is 0.466. The van der Waals surface area contributed by atoms with E-state index in [1.165, 1.54) is 0 Å². The van der Waals surface area contributed by atoms with Crippen LogP contribution < -0.4 is 5.56 Å². The number of aryl methyl sites for hydroxylation is 4. The quantitative estimate of drug-likeness (QED) is 0.450. The Hall–Kier alpha value is -3.73. The molecule has 3 aromatic carbocycles. The Morgan fingerprint density at radius 3 is 1.58 bits per heavy atom. The van der Waals surface area contributed by atoms with E-state index < -0.39 is 0 Å². The van der Waals surface area contributed by atoms with Crippen LogP contribution in [0.25, 0.3) is 5.69 Å². The molecule has 5 heteroatoms. The van der Waals surface area contributed by atoms with E-state index in [1.54, 1.807) is 4.68 Å². The molecule has 0 aliphatic rings. The highest BCUT2D eigenvalue weighted by molar-refractivity contribution is 5.54. The lowest BCUT2D eigenvalue weighted by atomic mass is 9.82. The lowest BCUT2D eigenvalue weighted by Gasteiger charge is -2.21. The molecule has 170 valence electrons. The van der Waals surface area contributed by atoms with Crippen LogP contribution in [0.15, 0.2) is 59.4 Å². The van der Waals surface area contributed by atoms with Gasteiger partial charge in [0.1, 0.15) is 11.5 Å². The molecule has 4 aromatic rings. The van der Waals surface area contributed by atoms with E-state index in [0.29, 0.717) is 5.56 Å². The molecule has 0 aliphatic heterocycles. The monoisotopic (exact) mass is 442 g/mol. The molecule has 0 atom stereocenters. The molecule has 0 unspecified atom stereocenters. The largest absolute Gasteiger partial charge is 0.507 e. The summed E-state index contributed by atoms with van der Waals surface area (Å²) in [7, 11) is 1.89. The predicted octanol–water partition coefficient (Wildman–Crippen LogP) is 5.31. The maximum atomic E-state index is 13.9. The summed E-state index contributed by atoms with van der Waals surface area (Å²) in [5, 5.41) is 20.8. The van der Waals surface area contributed by atoms with Gasteiger partial charge in [0.05, 0.1) is 11.3 Å². The zero-order valence-corrected chi connectivity index (χ0v) is 20.0. The van der Waals surface area contributed by atoms with Gasteiger partial charge in [-0.25, -0.2) is 4.68 Å². The summed E-state index contributed by atoms with van der Waals surface area (Å²) in [4.78, 5) is 13.9. The molecule has 2 N–H and O–H groups in total. The first kappa shape index (κ1) is 22.5. The molecule has 0 spiro atoms. The molecule has 33 heavy (non-hydrogen) atoms. The van der Waals surface area contributed by atoms with Gasteiger partial charge in [0.15, 0.2) is 0 Å². The Kier molecular flexibility index (Phi) is 5.66. The smallest absolute Gasteiger partial charge is 0.275 e. The Bertz CT molecular complexity index is 1310. The van der Waals surface area contributed by atoms with Gasteiger partial charge < -0.3 is 10.2 Å². The number of aromatic nitrogens is 2. The topological polar surface area (TPSA) is 67.4 Å². The summed E-state index contributed by atoms with van der Waals surface area (Å²) in [6, 6.07) is 17.4. The number of hydrogen-bond acceptors (Lipinski definition) is 3. The fourth-order valence-corrected chi connectivity index (χ4v) is 4.76. The number of rotatable bonds is 4. The number of nitrogens with zero attached hydrogens (tertiary/aromatic N) is 2. The molecule has 0 bridgehead atoms. The first-order valence-electron chi connectivity index (χ1n) is 11.1. The van der Waals surface area contributed by atoms with Gasteiger partial charge in [0.2, 0.25) is 0 Å². The third kappa shape index (κ3) is 3.74. The van der Waals surface area contributed by atoms with E-state index >= 15 is 0 Å². The van der Waals surface area contributed by atoms with Crippen molar-refractivity contribution in [1.29, 1.82) is 0 Å². The van der Waals surface area contributed by atoms with Crippen molar-refractivity contribution in [3.63, 3.8) is 0 Å². The number of para-hydroxylation sites is 1. The highest BCUT2D eigenvalue weighted by Crippen LogP contribution is 2.38. The number of hydrogen-bond donors (Lipinski definition) is 2. The van der Waals surface area contributed by atoms with E-state index in [2.05, 4.69) is 0 Å². The van der Waals surface area contributed by atoms with E-state index in [-0.39, 0.29) is 23.0 Å². The normalized spacial score (nSPS) is 11.4. The van der Waals surface area contributed by atoms with Gasteiger partial charge in [0.25, 0.3) is 5.56 Å². The fraction of sp³-hybridized carbons (Fsp3) is 0.250. The molecule has 0 radical (unpaired) electrons. The maximum Gasteiger partial charge on any atom is 0.275 e. The second-order valence-corrected chi connectivity index (χ2v) is 8.91. The Morgan fingerprint density at radius 2 is 1.15 bits per heavy atom. The zero-order valence-electron chi connectivity index (χ0n) is 20.0. The van der Waals surface area contributed by atoms with E-state index in [0.717, 1.165) is 44.8 Å². The van der Waals surface area contributed by atoms with E-state index in [1.807, 2.05) is 101 Å². The van der Waals surface area contributed by atoms with Crippen LogP contribution in [0, 0.1) is 34.6 Å². The first-order chi connectivity index (χ1) is 15.6. The van der Waals surface area contributed by atoms with E-state index in [4.69, 9.17) is 0 Å². The van der Waals surface area contributed by atoms with Crippen molar-refractivity contribution in [3.8, 4) is 17.2 Å². The van der Waals surface area contributed by atoms with Crippen LogP contribution >= 0.6 is 0 Å². The van der Waals surface area contributed by atoms with Crippen LogP contribution in [0.2, 0.25) is 0 Å². The van der Waals surface area contributed by atoms with Crippen LogP contribution in [-0.4, -0.2) is 19.6 Å². The average Bonchev–Trinajstić information content (AvgIpc) is 3.00. The van der Waals surface area contributed by atoms with Gasteiger partial charge in [-0.15, -0.1) is 0 Å². The molecule has 1 heterocycles. The summed E-state index contributed by atoms with van der Waals surface area (Å²) in [6.45, 7) is 9.45. The first-order valence-corrected chi connectivity index (χ1v) is 11.1. The summed E-state index contributed by atoms with van der Waals surface area (Å²) in [5.41, 5.74) is 7.16. The van der Waals surface area contributed by atoms with Crippen molar-refractivity contribution in [1.82, 2.24) is 9.36 Å². The minimum atomic E-state index is -0.357. The second kappa shape index (κ2) is 8.32. The van der Waals surface area contributed by atoms with Gasteiger partial charge in [-0.05, 0) is 80.1 Å². The van der Waals surface area contributed by atoms with Crippen molar-refractivity contribution in [2.75, 3.05) is 0 Å². The van der Waals surface area contributed by atoms with Gasteiger partial charge in [0, 0.05) is 18.7 Å². The summed E-state index contributed by atoms with van der Waals surface area (Å²) in [6.07, 6.45) is 0. The number of benzene rings is 3. The summed E-state index contributed by atoms with van der Waals surface area (Å²) >= 11 is 0.